The van der Waals surface area contributed by atoms with E-state index in [0.29, 0.717) is 5.92 Å². The molecule has 0 spiro atoms. The van der Waals surface area contributed by atoms with E-state index in [1.165, 1.54) is 10.4 Å². The largest absolute Gasteiger partial charge is 0.199 e. The van der Waals surface area contributed by atoms with E-state index < -0.39 is 8.07 Å². The predicted molar refractivity (Wildman–Crippen MR) is 111 cm³/mol. The Labute approximate surface area is 153 Å². The second-order valence-electron chi connectivity index (χ2n) is 6.11. The fraction of sp³-hybridized carbons (Fsp3) is 0.208. The molecule has 0 aromatic heterocycles. The third kappa shape index (κ3) is 4.65. The van der Waals surface area contributed by atoms with Crippen LogP contribution >= 0.6 is 0 Å². The Morgan fingerprint density at radius 1 is 0.960 bits per heavy atom. The molecule has 0 saturated heterocycles. The van der Waals surface area contributed by atoms with Crippen LogP contribution < -0.4 is 10.4 Å². The maximum atomic E-state index is 6.21. The molecule has 0 aliphatic carbocycles. The molecule has 124 valence electrons. The lowest BCUT2D eigenvalue weighted by molar-refractivity contribution is 0.659. The molecule has 2 aromatic rings. The normalized spacial score (nSPS) is 11.5. The van der Waals surface area contributed by atoms with Crippen LogP contribution in [0.4, 0.5) is 0 Å². The predicted octanol–water partition coefficient (Wildman–Crippen LogP) is 4.18. The first-order chi connectivity index (χ1) is 12.3. The molecule has 1 heteroatoms. The third-order valence-corrected chi connectivity index (χ3v) is 8.77. The molecule has 25 heavy (non-hydrogen) atoms. The minimum atomic E-state index is -2.31. The first-order valence-electron chi connectivity index (χ1n) is 8.66. The number of hydrogen-bond donors (Lipinski definition) is 0. The molecule has 0 fully saturated rings. The highest BCUT2D eigenvalue weighted by Crippen LogP contribution is 2.22. The fourth-order valence-electron chi connectivity index (χ4n) is 3.21. The minimum absolute atomic E-state index is 0.329. The summed E-state index contributed by atoms with van der Waals surface area (Å²) in [5.41, 5.74) is 6.50. The van der Waals surface area contributed by atoms with Crippen LogP contribution in [-0.2, 0) is 0 Å². The van der Waals surface area contributed by atoms with Crippen LogP contribution in [0.15, 0.2) is 78.5 Å². The van der Waals surface area contributed by atoms with Gasteiger partial charge in [-0.05, 0) is 47.8 Å². The second-order valence-corrected chi connectivity index (χ2v) is 9.77. The molecule has 0 radical (unpaired) electrons. The molecule has 0 heterocycles. The van der Waals surface area contributed by atoms with E-state index in [9.17, 15) is 0 Å². The van der Waals surface area contributed by atoms with Gasteiger partial charge in [-0.25, -0.2) is 0 Å². The fourth-order valence-corrected chi connectivity index (χ4v) is 7.10. The minimum Gasteiger partial charge on any atom is -0.130 e. The second kappa shape index (κ2) is 9.56. The molecule has 0 bridgehead atoms. The summed E-state index contributed by atoms with van der Waals surface area (Å²) >= 11 is 0. The van der Waals surface area contributed by atoms with Crippen molar-refractivity contribution in [1.82, 2.24) is 0 Å². The molecular weight excluding hydrogens is 316 g/mol. The van der Waals surface area contributed by atoms with Crippen LogP contribution in [0.3, 0.4) is 0 Å². The van der Waals surface area contributed by atoms with E-state index >= 15 is 0 Å². The van der Waals surface area contributed by atoms with Gasteiger partial charge in [0.05, 0.1) is 0 Å². The van der Waals surface area contributed by atoms with Crippen LogP contribution in [0.5, 0.6) is 0 Å². The molecule has 2 aromatic carbocycles. The van der Waals surface area contributed by atoms with Gasteiger partial charge in [0.25, 0.3) is 0 Å². The maximum Gasteiger partial charge on any atom is 0.199 e. The van der Waals surface area contributed by atoms with Crippen LogP contribution in [0.25, 0.3) is 0 Å². The van der Waals surface area contributed by atoms with Crippen molar-refractivity contribution in [2.45, 2.75) is 25.8 Å². The van der Waals surface area contributed by atoms with Crippen molar-refractivity contribution in [3.8, 4) is 24.3 Å². The van der Waals surface area contributed by atoms with E-state index in [1.807, 2.05) is 25.1 Å². The molecule has 0 N–H and O–H groups in total. The Hall–Kier alpha value is -2.70. The van der Waals surface area contributed by atoms with Gasteiger partial charge in [0.2, 0.25) is 0 Å². The molecule has 0 aliphatic rings. The highest BCUT2D eigenvalue weighted by molar-refractivity contribution is 7.08. The van der Waals surface area contributed by atoms with Gasteiger partial charge in [-0.1, -0.05) is 60.7 Å². The quantitative estimate of drug-likeness (QED) is 0.403. The van der Waals surface area contributed by atoms with Crippen LogP contribution in [0.1, 0.15) is 19.8 Å². The Bertz CT molecular complexity index is 757. The molecule has 2 rings (SSSR count). The summed E-state index contributed by atoms with van der Waals surface area (Å²) in [7, 11) is -2.31. The van der Waals surface area contributed by atoms with Crippen LogP contribution in [0, 0.1) is 30.2 Å². The van der Waals surface area contributed by atoms with Gasteiger partial charge in [-0.15, -0.1) is 30.0 Å². The van der Waals surface area contributed by atoms with Crippen LogP contribution in [-0.4, -0.2) is 8.07 Å². The monoisotopic (exact) mass is 340 g/mol. The van der Waals surface area contributed by atoms with E-state index in [4.69, 9.17) is 12.8 Å². The zero-order valence-electron chi connectivity index (χ0n) is 14.8. The van der Waals surface area contributed by atoms with E-state index in [0.717, 1.165) is 18.9 Å². The number of rotatable bonds is 7. The van der Waals surface area contributed by atoms with Crippen molar-refractivity contribution in [2.24, 2.45) is 5.92 Å². The lowest BCUT2D eigenvalue weighted by atomic mass is 10.1. The summed E-state index contributed by atoms with van der Waals surface area (Å²) in [4.78, 5) is 0. The van der Waals surface area contributed by atoms with Crippen molar-refractivity contribution >= 4 is 18.4 Å². The first-order valence-corrected chi connectivity index (χ1v) is 10.9. The summed E-state index contributed by atoms with van der Waals surface area (Å²) in [6, 6.07) is 22.1. The lowest BCUT2D eigenvalue weighted by Crippen LogP contribution is -2.58. The van der Waals surface area contributed by atoms with Crippen molar-refractivity contribution in [1.29, 1.82) is 0 Å². The molecule has 1 unspecified atom stereocenters. The zero-order valence-corrected chi connectivity index (χ0v) is 15.8. The number of terminal acetylenes is 2. The van der Waals surface area contributed by atoms with E-state index in [1.54, 1.807) is 0 Å². The molecule has 0 saturated carbocycles. The average Bonchev–Trinajstić information content (AvgIpc) is 2.69. The first kappa shape index (κ1) is 18.6. The highest BCUT2D eigenvalue weighted by atomic mass is 28.3. The highest BCUT2D eigenvalue weighted by Gasteiger charge is 2.37. The Morgan fingerprint density at radius 2 is 1.52 bits per heavy atom. The molecule has 0 aliphatic heterocycles. The van der Waals surface area contributed by atoms with Crippen LogP contribution in [0.2, 0.25) is 6.04 Å². The Balaban J connectivity index is 2.53. The van der Waals surface area contributed by atoms with Gasteiger partial charge in [0.1, 0.15) is 0 Å². The van der Waals surface area contributed by atoms with Crippen molar-refractivity contribution in [2.75, 3.05) is 0 Å². The average molecular weight is 341 g/mol. The van der Waals surface area contributed by atoms with Crippen molar-refractivity contribution in [3.63, 3.8) is 0 Å². The third-order valence-electron chi connectivity index (χ3n) is 4.51. The van der Waals surface area contributed by atoms with Crippen molar-refractivity contribution in [3.05, 3.63) is 78.5 Å². The van der Waals surface area contributed by atoms with Gasteiger partial charge in [-0.3, -0.25) is 0 Å². The standard InChI is InChI=1S/C24H24Si/c1-4-7-15-22(16-8-5-2)21-25(6-3,23-17-11-9-12-18-23)24-19-13-10-14-20-24/h1,3,5,9-14,16-20,22H,7,15,21H2,2H3. The van der Waals surface area contributed by atoms with Gasteiger partial charge < -0.3 is 0 Å². The SMILES string of the molecule is C#CCCC(C=C=CC)C[Si](C#C)(c1ccccc1)c1ccccc1. The number of benzene rings is 2. The summed E-state index contributed by atoms with van der Waals surface area (Å²) in [5.74, 6) is 3.09. The Kier molecular flexibility index (Phi) is 7.12. The summed E-state index contributed by atoms with van der Waals surface area (Å²) in [6.45, 7) is 1.98. The zero-order chi connectivity index (χ0) is 18.0. The smallest absolute Gasteiger partial charge is 0.130 e. The topological polar surface area (TPSA) is 0 Å². The molecular formula is C24H24Si. The van der Waals surface area contributed by atoms with Gasteiger partial charge in [0, 0.05) is 6.42 Å². The van der Waals surface area contributed by atoms with E-state index in [2.05, 4.69) is 71.8 Å². The lowest BCUT2D eigenvalue weighted by Gasteiger charge is -2.30. The van der Waals surface area contributed by atoms with Gasteiger partial charge in [0.15, 0.2) is 8.07 Å². The van der Waals surface area contributed by atoms with Crippen molar-refractivity contribution < 1.29 is 0 Å². The molecule has 0 nitrogen and oxygen atoms in total. The molecule has 1 atom stereocenters. The summed E-state index contributed by atoms with van der Waals surface area (Å²) < 4.78 is 0. The summed E-state index contributed by atoms with van der Waals surface area (Å²) in [5, 5.41) is 2.56. The molecule has 0 amide bonds. The number of hydrogen-bond acceptors (Lipinski definition) is 0. The Morgan fingerprint density at radius 3 is 1.96 bits per heavy atom. The van der Waals surface area contributed by atoms with E-state index in [-0.39, 0.29) is 0 Å². The summed E-state index contributed by atoms with van der Waals surface area (Å²) in [6.07, 6.45) is 17.5. The number of allylic oxidation sites excluding steroid dienone is 1. The maximum absolute atomic E-state index is 6.21. The van der Waals surface area contributed by atoms with Gasteiger partial charge >= 0.3 is 0 Å². The van der Waals surface area contributed by atoms with Gasteiger partial charge in [-0.2, -0.15) is 0 Å².